The minimum absolute atomic E-state index is 0.0391. The zero-order valence-corrected chi connectivity index (χ0v) is 13.6. The molecular formula is C14H28N4O2S. The van der Waals surface area contributed by atoms with Crippen LogP contribution >= 0.6 is 0 Å². The molecule has 2 fully saturated rings. The van der Waals surface area contributed by atoms with Crippen LogP contribution in [-0.4, -0.2) is 37.2 Å². The van der Waals surface area contributed by atoms with Crippen LogP contribution in [0.2, 0.25) is 0 Å². The fourth-order valence-corrected chi connectivity index (χ4v) is 5.03. The van der Waals surface area contributed by atoms with Crippen molar-refractivity contribution in [2.45, 2.75) is 69.7 Å². The van der Waals surface area contributed by atoms with Gasteiger partial charge < -0.3 is 5.73 Å². The van der Waals surface area contributed by atoms with Crippen LogP contribution in [0.1, 0.15) is 64.2 Å². The fourth-order valence-electron chi connectivity index (χ4n) is 3.35. The SMILES string of the molecule is N=C(N)C1(NS(=O)(=O)N2CCCCCC2)CCCCCC1. The number of nitrogens with one attached hydrogen (secondary N) is 2. The molecule has 122 valence electrons. The van der Waals surface area contributed by atoms with E-state index in [2.05, 4.69) is 4.72 Å². The molecule has 1 aliphatic carbocycles. The van der Waals surface area contributed by atoms with Gasteiger partial charge in [-0.05, 0) is 25.7 Å². The maximum absolute atomic E-state index is 12.7. The van der Waals surface area contributed by atoms with Crippen molar-refractivity contribution in [2.75, 3.05) is 13.1 Å². The molecule has 0 aromatic carbocycles. The highest BCUT2D eigenvalue weighted by Gasteiger charge is 2.40. The van der Waals surface area contributed by atoms with Gasteiger partial charge in [0, 0.05) is 13.1 Å². The Hall–Kier alpha value is -0.660. The monoisotopic (exact) mass is 316 g/mol. The average molecular weight is 316 g/mol. The molecule has 0 spiro atoms. The Morgan fingerprint density at radius 2 is 1.43 bits per heavy atom. The molecule has 0 aromatic rings. The molecule has 0 aromatic heterocycles. The Bertz CT molecular complexity index is 448. The molecule has 4 N–H and O–H groups in total. The molecule has 1 aliphatic heterocycles. The molecule has 7 heteroatoms. The van der Waals surface area contributed by atoms with Gasteiger partial charge in [-0.15, -0.1) is 0 Å². The summed E-state index contributed by atoms with van der Waals surface area (Å²) in [7, 11) is -3.56. The quantitative estimate of drug-likeness (QED) is 0.418. The van der Waals surface area contributed by atoms with Crippen molar-refractivity contribution in [1.29, 1.82) is 5.41 Å². The van der Waals surface area contributed by atoms with Gasteiger partial charge in [0.1, 0.15) is 5.84 Å². The number of rotatable bonds is 4. The summed E-state index contributed by atoms with van der Waals surface area (Å²) in [6, 6.07) is 0. The Labute approximate surface area is 128 Å². The van der Waals surface area contributed by atoms with Crippen molar-refractivity contribution in [2.24, 2.45) is 5.73 Å². The van der Waals surface area contributed by atoms with E-state index in [9.17, 15) is 8.42 Å². The smallest absolute Gasteiger partial charge is 0.280 e. The highest BCUT2D eigenvalue weighted by molar-refractivity contribution is 7.87. The molecule has 0 unspecified atom stereocenters. The number of hydrogen-bond acceptors (Lipinski definition) is 3. The summed E-state index contributed by atoms with van der Waals surface area (Å²) < 4.78 is 29.7. The van der Waals surface area contributed by atoms with Gasteiger partial charge in [-0.3, -0.25) is 5.41 Å². The van der Waals surface area contributed by atoms with Gasteiger partial charge in [-0.25, -0.2) is 0 Å². The molecule has 0 amide bonds. The molecule has 21 heavy (non-hydrogen) atoms. The molecule has 0 bridgehead atoms. The summed E-state index contributed by atoms with van der Waals surface area (Å²) in [6.45, 7) is 1.15. The Morgan fingerprint density at radius 1 is 0.952 bits per heavy atom. The van der Waals surface area contributed by atoms with Crippen LogP contribution in [0.4, 0.5) is 0 Å². The first-order valence-corrected chi connectivity index (χ1v) is 9.54. The van der Waals surface area contributed by atoms with E-state index in [1.54, 1.807) is 0 Å². The lowest BCUT2D eigenvalue weighted by Gasteiger charge is -2.34. The van der Waals surface area contributed by atoms with Gasteiger partial charge in [0.25, 0.3) is 10.2 Å². The molecule has 0 atom stereocenters. The molecule has 2 rings (SSSR count). The lowest BCUT2D eigenvalue weighted by atomic mass is 9.90. The van der Waals surface area contributed by atoms with Crippen LogP contribution in [0.15, 0.2) is 0 Å². The van der Waals surface area contributed by atoms with Crippen LogP contribution in [0, 0.1) is 5.41 Å². The molecule has 1 saturated heterocycles. The third kappa shape index (κ3) is 4.17. The van der Waals surface area contributed by atoms with Crippen LogP contribution in [-0.2, 0) is 10.2 Å². The molecule has 2 aliphatic rings. The lowest BCUT2D eigenvalue weighted by Crippen LogP contribution is -2.59. The summed E-state index contributed by atoms with van der Waals surface area (Å²) in [4.78, 5) is 0. The third-order valence-electron chi connectivity index (χ3n) is 4.70. The van der Waals surface area contributed by atoms with E-state index in [0.717, 1.165) is 51.4 Å². The van der Waals surface area contributed by atoms with Gasteiger partial charge >= 0.3 is 0 Å². The van der Waals surface area contributed by atoms with Crippen LogP contribution in [0.5, 0.6) is 0 Å². The molecule has 0 radical (unpaired) electrons. The summed E-state index contributed by atoms with van der Waals surface area (Å²) in [5.74, 6) is -0.0391. The van der Waals surface area contributed by atoms with E-state index in [1.165, 1.54) is 4.31 Å². The topological polar surface area (TPSA) is 99.3 Å². The van der Waals surface area contributed by atoms with Gasteiger partial charge in [0.15, 0.2) is 0 Å². The standard InChI is InChI=1S/C14H28N4O2S/c15-13(16)14(9-5-1-2-6-10-14)17-21(19,20)18-11-7-3-4-8-12-18/h17H,1-12H2,(H3,15,16). The summed E-state index contributed by atoms with van der Waals surface area (Å²) in [6.07, 6.45) is 9.27. The van der Waals surface area contributed by atoms with Crippen LogP contribution in [0.3, 0.4) is 0 Å². The van der Waals surface area contributed by atoms with Crippen molar-refractivity contribution < 1.29 is 8.42 Å². The Morgan fingerprint density at radius 3 is 1.90 bits per heavy atom. The fraction of sp³-hybridized carbons (Fsp3) is 0.929. The van der Waals surface area contributed by atoms with Crippen molar-refractivity contribution in [1.82, 2.24) is 9.03 Å². The number of amidine groups is 1. The predicted octanol–water partition coefficient (Wildman–Crippen LogP) is 1.73. The van der Waals surface area contributed by atoms with Crippen molar-refractivity contribution in [3.63, 3.8) is 0 Å². The second kappa shape index (κ2) is 7.07. The number of nitrogens with two attached hydrogens (primary N) is 1. The first-order valence-electron chi connectivity index (χ1n) is 8.10. The zero-order chi connectivity index (χ0) is 15.3. The summed E-state index contributed by atoms with van der Waals surface area (Å²) in [5, 5.41) is 7.90. The highest BCUT2D eigenvalue weighted by Crippen LogP contribution is 2.28. The Balaban J connectivity index is 2.16. The zero-order valence-electron chi connectivity index (χ0n) is 12.7. The van der Waals surface area contributed by atoms with E-state index in [0.29, 0.717) is 25.9 Å². The average Bonchev–Trinajstić information content (AvgIpc) is 2.81. The third-order valence-corrected chi connectivity index (χ3v) is 6.40. The van der Waals surface area contributed by atoms with Gasteiger partial charge in [-0.1, -0.05) is 38.5 Å². The van der Waals surface area contributed by atoms with Gasteiger partial charge in [0.05, 0.1) is 5.54 Å². The molecule has 1 saturated carbocycles. The van der Waals surface area contributed by atoms with Gasteiger partial charge in [-0.2, -0.15) is 17.4 Å². The van der Waals surface area contributed by atoms with E-state index < -0.39 is 15.7 Å². The maximum Gasteiger partial charge on any atom is 0.280 e. The first-order chi connectivity index (χ1) is 9.96. The predicted molar refractivity (Wildman–Crippen MR) is 84.4 cm³/mol. The van der Waals surface area contributed by atoms with E-state index in [-0.39, 0.29) is 5.84 Å². The summed E-state index contributed by atoms with van der Waals surface area (Å²) in [5.41, 5.74) is 4.90. The van der Waals surface area contributed by atoms with Crippen LogP contribution < -0.4 is 10.5 Å². The molecular weight excluding hydrogens is 288 g/mol. The van der Waals surface area contributed by atoms with Crippen molar-refractivity contribution >= 4 is 16.0 Å². The first kappa shape index (κ1) is 16.7. The highest BCUT2D eigenvalue weighted by atomic mass is 32.2. The lowest BCUT2D eigenvalue weighted by molar-refractivity contribution is 0.378. The number of nitrogens with zero attached hydrogens (tertiary/aromatic N) is 1. The Kier molecular flexibility index (Phi) is 5.62. The minimum atomic E-state index is -3.56. The normalized spacial score (nSPS) is 25.0. The van der Waals surface area contributed by atoms with Crippen LogP contribution in [0.25, 0.3) is 0 Å². The second-order valence-corrected chi connectivity index (χ2v) is 8.00. The minimum Gasteiger partial charge on any atom is -0.386 e. The summed E-state index contributed by atoms with van der Waals surface area (Å²) >= 11 is 0. The van der Waals surface area contributed by atoms with Gasteiger partial charge in [0.2, 0.25) is 0 Å². The van der Waals surface area contributed by atoms with Crippen molar-refractivity contribution in [3.8, 4) is 0 Å². The largest absolute Gasteiger partial charge is 0.386 e. The number of hydrogen-bond donors (Lipinski definition) is 3. The van der Waals surface area contributed by atoms with E-state index in [1.807, 2.05) is 0 Å². The van der Waals surface area contributed by atoms with E-state index >= 15 is 0 Å². The van der Waals surface area contributed by atoms with Crippen molar-refractivity contribution in [3.05, 3.63) is 0 Å². The second-order valence-electron chi connectivity index (χ2n) is 6.33. The maximum atomic E-state index is 12.7. The molecule has 6 nitrogen and oxygen atoms in total. The van der Waals surface area contributed by atoms with E-state index in [4.69, 9.17) is 11.1 Å². The molecule has 1 heterocycles.